The second-order valence-corrected chi connectivity index (χ2v) is 7.15. The molecule has 144 valence electrons. The summed E-state index contributed by atoms with van der Waals surface area (Å²) in [5.74, 6) is -4.08. The number of ether oxygens (including phenoxy) is 2. The van der Waals surface area contributed by atoms with E-state index in [1.165, 1.54) is 13.8 Å². The summed E-state index contributed by atoms with van der Waals surface area (Å²) in [4.78, 5) is 33.3. The number of amides is 1. The summed E-state index contributed by atoms with van der Waals surface area (Å²) in [5, 5.41) is 13.0. The van der Waals surface area contributed by atoms with Crippen molar-refractivity contribution in [2.45, 2.75) is 52.2 Å². The van der Waals surface area contributed by atoms with E-state index in [1.807, 2.05) is 0 Å². The van der Waals surface area contributed by atoms with Crippen molar-refractivity contribution < 1.29 is 32.8 Å². The van der Waals surface area contributed by atoms with E-state index in [2.05, 4.69) is 10.1 Å². The van der Waals surface area contributed by atoms with Crippen LogP contribution in [0.4, 0.5) is 19.3 Å². The van der Waals surface area contributed by atoms with Crippen molar-refractivity contribution in [1.29, 1.82) is 0 Å². The van der Waals surface area contributed by atoms with Gasteiger partial charge in [-0.1, -0.05) is 0 Å². The van der Waals surface area contributed by atoms with Crippen LogP contribution in [0, 0.1) is 21.7 Å². The highest BCUT2D eigenvalue weighted by Crippen LogP contribution is 2.27. The lowest BCUT2D eigenvalue weighted by Crippen LogP contribution is -2.47. The molecule has 0 unspecified atom stereocenters. The van der Waals surface area contributed by atoms with Crippen molar-refractivity contribution in [2.75, 3.05) is 0 Å². The van der Waals surface area contributed by atoms with Crippen molar-refractivity contribution in [3.05, 3.63) is 33.9 Å². The molecule has 0 spiro atoms. The Morgan fingerprint density at radius 3 is 2.23 bits per heavy atom. The average Bonchev–Trinajstić information content (AvgIpc) is 2.37. The number of carbonyl (C=O) groups excluding carboxylic acids is 2. The predicted octanol–water partition coefficient (Wildman–Crippen LogP) is 3.47. The lowest BCUT2D eigenvalue weighted by molar-refractivity contribution is -0.387. The molecule has 1 amide bonds. The number of hydrogen-bond donors (Lipinski definition) is 1. The van der Waals surface area contributed by atoms with Crippen LogP contribution in [-0.4, -0.2) is 28.1 Å². The third-order valence-corrected chi connectivity index (χ3v) is 2.85. The fourth-order valence-electron chi connectivity index (χ4n) is 1.92. The number of hydrogen-bond acceptors (Lipinski definition) is 6. The lowest BCUT2D eigenvalue weighted by atomic mass is 10.0. The van der Waals surface area contributed by atoms with Gasteiger partial charge in [-0.05, 0) is 34.6 Å². The van der Waals surface area contributed by atoms with Crippen LogP contribution in [0.15, 0.2) is 12.1 Å². The Morgan fingerprint density at radius 1 is 1.15 bits per heavy atom. The van der Waals surface area contributed by atoms with E-state index in [0.717, 1.165) is 0 Å². The molecule has 0 fully saturated rings. The SMILES string of the molecule is CC(C)(CC(=O)OC(C)(C)C)NC(=O)Oc1cc([N+](=O)[O-])c(F)cc1F. The Bertz CT molecular complexity index is 728. The van der Waals surface area contributed by atoms with Crippen molar-refractivity contribution in [1.82, 2.24) is 5.32 Å². The Kier molecular flexibility index (Phi) is 6.24. The number of benzene rings is 1. The molecule has 8 nitrogen and oxygen atoms in total. The maximum absolute atomic E-state index is 13.6. The van der Waals surface area contributed by atoms with Gasteiger partial charge in [0, 0.05) is 11.6 Å². The maximum atomic E-state index is 13.6. The first kappa shape index (κ1) is 21.3. The number of nitro groups is 1. The largest absolute Gasteiger partial charge is 0.460 e. The highest BCUT2D eigenvalue weighted by Gasteiger charge is 2.29. The summed E-state index contributed by atoms with van der Waals surface area (Å²) >= 11 is 0. The minimum absolute atomic E-state index is 0.203. The van der Waals surface area contributed by atoms with Crippen LogP contribution >= 0.6 is 0 Å². The zero-order valence-corrected chi connectivity index (χ0v) is 15.0. The summed E-state index contributed by atoms with van der Waals surface area (Å²) in [6, 6.07) is 0.706. The topological polar surface area (TPSA) is 108 Å². The van der Waals surface area contributed by atoms with E-state index in [4.69, 9.17) is 4.74 Å². The van der Waals surface area contributed by atoms with Gasteiger partial charge in [0.2, 0.25) is 5.82 Å². The summed E-state index contributed by atoms with van der Waals surface area (Å²) in [7, 11) is 0. The van der Waals surface area contributed by atoms with Crippen LogP contribution in [0.25, 0.3) is 0 Å². The fourth-order valence-corrected chi connectivity index (χ4v) is 1.92. The molecule has 0 radical (unpaired) electrons. The molecule has 1 rings (SSSR count). The summed E-state index contributed by atoms with van der Waals surface area (Å²) in [5.41, 5.74) is -2.85. The van der Waals surface area contributed by atoms with Crippen LogP contribution in [0.1, 0.15) is 41.0 Å². The molecule has 1 aromatic carbocycles. The highest BCUT2D eigenvalue weighted by atomic mass is 19.1. The molecule has 1 aromatic rings. The molecular formula is C16H20F2N2O6. The third kappa shape index (κ3) is 6.61. The molecule has 0 bridgehead atoms. The van der Waals surface area contributed by atoms with E-state index < -0.39 is 51.2 Å². The van der Waals surface area contributed by atoms with Gasteiger partial charge in [0.1, 0.15) is 5.60 Å². The smallest absolute Gasteiger partial charge is 0.413 e. The van der Waals surface area contributed by atoms with Gasteiger partial charge in [0.25, 0.3) is 0 Å². The lowest BCUT2D eigenvalue weighted by Gasteiger charge is -2.27. The van der Waals surface area contributed by atoms with Gasteiger partial charge in [0.15, 0.2) is 11.6 Å². The van der Waals surface area contributed by atoms with Gasteiger partial charge in [-0.15, -0.1) is 0 Å². The van der Waals surface area contributed by atoms with Gasteiger partial charge in [-0.3, -0.25) is 14.9 Å². The van der Waals surface area contributed by atoms with E-state index in [-0.39, 0.29) is 12.5 Å². The second kappa shape index (κ2) is 7.63. The van der Waals surface area contributed by atoms with Crippen LogP contribution in [0.3, 0.4) is 0 Å². The molecular weight excluding hydrogens is 354 g/mol. The number of nitrogens with one attached hydrogen (secondary N) is 1. The van der Waals surface area contributed by atoms with Gasteiger partial charge in [-0.25, -0.2) is 9.18 Å². The first-order valence-corrected chi connectivity index (χ1v) is 7.55. The zero-order chi connectivity index (χ0) is 20.3. The summed E-state index contributed by atoms with van der Waals surface area (Å²) in [6.45, 7) is 8.06. The van der Waals surface area contributed by atoms with Gasteiger partial charge < -0.3 is 14.8 Å². The van der Waals surface area contributed by atoms with Crippen molar-refractivity contribution in [3.63, 3.8) is 0 Å². The minimum atomic E-state index is -1.40. The molecule has 0 heterocycles. The molecule has 0 aliphatic heterocycles. The van der Waals surface area contributed by atoms with Crippen LogP contribution in [0.2, 0.25) is 0 Å². The van der Waals surface area contributed by atoms with E-state index in [0.29, 0.717) is 6.07 Å². The van der Waals surface area contributed by atoms with Crippen molar-refractivity contribution in [2.24, 2.45) is 0 Å². The number of nitro benzene ring substituents is 1. The molecule has 0 saturated carbocycles. The maximum Gasteiger partial charge on any atom is 0.413 e. The molecule has 0 aliphatic carbocycles. The third-order valence-electron chi connectivity index (χ3n) is 2.85. The number of nitrogens with zero attached hydrogens (tertiary/aromatic N) is 1. The normalized spacial score (nSPS) is 11.7. The Labute approximate surface area is 148 Å². The van der Waals surface area contributed by atoms with Gasteiger partial charge in [0.05, 0.1) is 17.4 Å². The Balaban J connectivity index is 2.81. The fraction of sp³-hybridized carbons (Fsp3) is 0.500. The molecule has 10 heteroatoms. The summed E-state index contributed by atoms with van der Waals surface area (Å²) < 4.78 is 36.7. The van der Waals surface area contributed by atoms with Crippen LogP contribution in [-0.2, 0) is 9.53 Å². The molecule has 1 N–H and O–H groups in total. The molecule has 26 heavy (non-hydrogen) atoms. The number of carbonyl (C=O) groups is 2. The first-order valence-electron chi connectivity index (χ1n) is 7.55. The number of rotatable bonds is 5. The van der Waals surface area contributed by atoms with E-state index in [9.17, 15) is 28.5 Å². The number of esters is 1. The molecule has 0 atom stereocenters. The van der Waals surface area contributed by atoms with Crippen molar-refractivity contribution in [3.8, 4) is 5.75 Å². The number of halogens is 2. The van der Waals surface area contributed by atoms with Crippen molar-refractivity contribution >= 4 is 17.7 Å². The highest BCUT2D eigenvalue weighted by molar-refractivity contribution is 5.75. The summed E-state index contributed by atoms with van der Waals surface area (Å²) in [6.07, 6.45) is -1.37. The van der Waals surface area contributed by atoms with Crippen LogP contribution < -0.4 is 10.1 Å². The first-order chi connectivity index (χ1) is 11.7. The van der Waals surface area contributed by atoms with Gasteiger partial charge in [-0.2, -0.15) is 4.39 Å². The second-order valence-electron chi connectivity index (χ2n) is 7.15. The van der Waals surface area contributed by atoms with Gasteiger partial charge >= 0.3 is 17.7 Å². The average molecular weight is 374 g/mol. The standard InChI is InChI=1S/C16H20F2N2O6/c1-15(2,3)26-13(21)8-16(4,5)19-14(22)25-12-7-11(20(23)24)9(17)6-10(12)18/h6-7H,8H2,1-5H3,(H,19,22). The Hall–Kier alpha value is -2.78. The molecule has 0 saturated heterocycles. The zero-order valence-electron chi connectivity index (χ0n) is 15.0. The predicted molar refractivity (Wildman–Crippen MR) is 86.7 cm³/mol. The molecule has 0 aromatic heterocycles. The van der Waals surface area contributed by atoms with E-state index >= 15 is 0 Å². The minimum Gasteiger partial charge on any atom is -0.460 e. The quantitative estimate of drug-likeness (QED) is 0.480. The monoisotopic (exact) mass is 374 g/mol. The van der Waals surface area contributed by atoms with Crippen LogP contribution in [0.5, 0.6) is 5.75 Å². The van der Waals surface area contributed by atoms with E-state index in [1.54, 1.807) is 20.8 Å². The Morgan fingerprint density at radius 2 is 1.73 bits per heavy atom. The molecule has 0 aliphatic rings.